The van der Waals surface area contributed by atoms with Crippen LogP contribution in [0.25, 0.3) is 0 Å². The number of nitro groups is 1. The third-order valence-electron chi connectivity index (χ3n) is 3.32. The highest BCUT2D eigenvalue weighted by molar-refractivity contribution is 6.24. The summed E-state index contributed by atoms with van der Waals surface area (Å²) in [5.41, 5.74) is 0. The topological polar surface area (TPSA) is 93.2 Å². The van der Waals surface area contributed by atoms with Crippen LogP contribution >= 0.6 is 24.0 Å². The third-order valence-corrected chi connectivity index (χ3v) is 3.89. The molecule has 2 unspecified atom stereocenters. The van der Waals surface area contributed by atoms with Gasteiger partial charge in [0, 0.05) is 13.1 Å². The number of imidazole rings is 1. The quantitative estimate of drug-likeness (QED) is 0.427. The molecule has 122 valence electrons. The monoisotopic (exact) mass is 340 g/mol. The summed E-state index contributed by atoms with van der Waals surface area (Å²) in [6, 6.07) is 0. The van der Waals surface area contributed by atoms with Gasteiger partial charge in [-0.25, -0.2) is 4.57 Å². The second-order valence-corrected chi connectivity index (χ2v) is 6.22. The number of hydrogen-bond acceptors (Lipinski definition) is 5. The van der Waals surface area contributed by atoms with Gasteiger partial charge in [0.15, 0.2) is 0 Å². The maximum absolute atomic E-state index is 10.7. The first kappa shape index (κ1) is 20.1. The highest BCUT2D eigenvalue weighted by Gasteiger charge is 2.25. The van der Waals surface area contributed by atoms with Crippen molar-refractivity contribution in [2.45, 2.75) is 38.3 Å². The molecular formula is C12H22Cl2N4O3. The largest absolute Gasteiger partial charge is 0.434 e. The van der Waals surface area contributed by atoms with E-state index in [9.17, 15) is 15.2 Å². The Labute approximate surface area is 135 Å². The number of nitrogens with one attached hydrogen (secondary N) is 1. The lowest BCUT2D eigenvalue weighted by atomic mass is 9.97. The van der Waals surface area contributed by atoms with Crippen LogP contribution in [-0.4, -0.2) is 43.6 Å². The molecule has 0 saturated heterocycles. The van der Waals surface area contributed by atoms with E-state index in [4.69, 9.17) is 11.6 Å². The Morgan fingerprint density at radius 3 is 2.76 bits per heavy atom. The normalized spacial score (nSPS) is 15.3. The molecule has 0 amide bonds. The molecule has 2 N–H and O–H groups in total. The molecular weight excluding hydrogens is 319 g/mol. The Morgan fingerprint density at radius 2 is 2.24 bits per heavy atom. The molecule has 0 aliphatic rings. The van der Waals surface area contributed by atoms with Gasteiger partial charge < -0.3 is 20.5 Å². The lowest BCUT2D eigenvalue weighted by Crippen LogP contribution is -2.41. The minimum absolute atomic E-state index is 0. The summed E-state index contributed by atoms with van der Waals surface area (Å²) in [6.07, 6.45) is 2.07. The molecule has 1 aromatic heterocycles. The van der Waals surface area contributed by atoms with E-state index >= 15 is 0 Å². The maximum Gasteiger partial charge on any atom is 0.434 e. The van der Waals surface area contributed by atoms with E-state index in [1.54, 1.807) is 0 Å². The van der Waals surface area contributed by atoms with Gasteiger partial charge in [-0.05, 0) is 17.8 Å². The summed E-state index contributed by atoms with van der Waals surface area (Å²) in [7, 11) is 0. The minimum atomic E-state index is -0.748. The van der Waals surface area contributed by atoms with Crippen LogP contribution in [0.3, 0.4) is 0 Å². The first-order valence-electron chi connectivity index (χ1n) is 6.47. The van der Waals surface area contributed by atoms with E-state index in [-0.39, 0.29) is 29.8 Å². The molecule has 0 spiro atoms. The molecule has 0 saturated carbocycles. The molecule has 0 radical (unpaired) electrons. The van der Waals surface area contributed by atoms with Crippen LogP contribution in [0.4, 0.5) is 5.95 Å². The highest BCUT2D eigenvalue weighted by atomic mass is 35.5. The number of hydrogen-bond donors (Lipinski definition) is 2. The summed E-state index contributed by atoms with van der Waals surface area (Å²) in [5.74, 6) is 0.0250. The Bertz CT molecular complexity index is 451. The predicted molar refractivity (Wildman–Crippen MR) is 84.1 cm³/mol. The lowest BCUT2D eigenvalue weighted by Gasteiger charge is -2.27. The van der Waals surface area contributed by atoms with Gasteiger partial charge in [-0.1, -0.05) is 18.8 Å². The zero-order valence-electron chi connectivity index (χ0n) is 12.3. The molecule has 0 fully saturated rings. The number of aromatic nitrogens is 2. The van der Waals surface area contributed by atoms with Crippen molar-refractivity contribution in [3.05, 3.63) is 22.5 Å². The molecule has 0 aliphatic carbocycles. The highest BCUT2D eigenvalue weighted by Crippen LogP contribution is 2.23. The Hall–Kier alpha value is -0.890. The SMILES string of the molecule is CC(C)C(C)(Cl)CNCC(O)Cn1ccnc1[N+](=O)[O-].Cl. The number of alkyl halides is 1. The van der Waals surface area contributed by atoms with E-state index in [1.165, 1.54) is 17.0 Å². The fourth-order valence-electron chi connectivity index (χ4n) is 1.59. The molecule has 1 rings (SSSR count). The van der Waals surface area contributed by atoms with Gasteiger partial charge in [0.1, 0.15) is 12.4 Å². The molecule has 0 bridgehead atoms. The zero-order chi connectivity index (χ0) is 15.3. The first-order chi connectivity index (χ1) is 9.24. The Kier molecular flexibility index (Phi) is 8.17. The van der Waals surface area contributed by atoms with Crippen molar-refractivity contribution in [3.8, 4) is 0 Å². The number of nitrogens with zero attached hydrogens (tertiary/aromatic N) is 3. The van der Waals surface area contributed by atoms with Gasteiger partial charge in [0.25, 0.3) is 0 Å². The second-order valence-electron chi connectivity index (χ2n) is 5.35. The standard InChI is InChI=1S/C12H21ClN4O3.ClH/c1-9(2)12(3,13)8-14-6-10(18)7-16-5-4-15-11(16)17(19)20;/h4-5,9-10,14,18H,6-8H2,1-3H3;1H. The van der Waals surface area contributed by atoms with Crippen LogP contribution in [0.5, 0.6) is 0 Å². The average molecular weight is 341 g/mol. The number of aliphatic hydroxyl groups is 1. The van der Waals surface area contributed by atoms with Crippen LogP contribution in [-0.2, 0) is 6.54 Å². The van der Waals surface area contributed by atoms with Crippen LogP contribution in [0.15, 0.2) is 12.4 Å². The van der Waals surface area contributed by atoms with E-state index in [2.05, 4.69) is 10.3 Å². The lowest BCUT2D eigenvalue weighted by molar-refractivity contribution is -0.397. The molecule has 1 aromatic rings. The fraction of sp³-hybridized carbons (Fsp3) is 0.750. The second kappa shape index (κ2) is 8.53. The van der Waals surface area contributed by atoms with Crippen LogP contribution in [0, 0.1) is 16.0 Å². The summed E-state index contributed by atoms with van der Waals surface area (Å²) >= 11 is 6.32. The Balaban J connectivity index is 0.00000400. The van der Waals surface area contributed by atoms with E-state index in [0.717, 1.165) is 0 Å². The summed E-state index contributed by atoms with van der Waals surface area (Å²) in [4.78, 5) is 13.4. The minimum Gasteiger partial charge on any atom is -0.390 e. The van der Waals surface area contributed by atoms with Crippen LogP contribution < -0.4 is 5.32 Å². The molecule has 0 aliphatic heterocycles. The van der Waals surface area contributed by atoms with Crippen molar-refractivity contribution in [3.63, 3.8) is 0 Å². The predicted octanol–water partition coefficient (Wildman–Crippen LogP) is 1.82. The molecule has 9 heteroatoms. The van der Waals surface area contributed by atoms with Crippen molar-refractivity contribution < 1.29 is 10.0 Å². The van der Waals surface area contributed by atoms with Gasteiger partial charge >= 0.3 is 5.95 Å². The fourth-order valence-corrected chi connectivity index (χ4v) is 1.69. The van der Waals surface area contributed by atoms with Crippen LogP contribution in [0.1, 0.15) is 20.8 Å². The van der Waals surface area contributed by atoms with Gasteiger partial charge in [-0.2, -0.15) is 0 Å². The zero-order valence-corrected chi connectivity index (χ0v) is 13.9. The molecule has 2 atom stereocenters. The van der Waals surface area contributed by atoms with E-state index in [0.29, 0.717) is 19.0 Å². The molecule has 0 aromatic carbocycles. The summed E-state index contributed by atoms with van der Waals surface area (Å²) in [6.45, 7) is 6.96. The average Bonchev–Trinajstić information content (AvgIpc) is 2.76. The van der Waals surface area contributed by atoms with E-state index in [1.807, 2.05) is 20.8 Å². The van der Waals surface area contributed by atoms with E-state index < -0.39 is 11.0 Å². The summed E-state index contributed by atoms with van der Waals surface area (Å²) < 4.78 is 1.31. The van der Waals surface area contributed by atoms with Crippen molar-refractivity contribution in [2.24, 2.45) is 5.92 Å². The number of halogens is 2. The molecule has 21 heavy (non-hydrogen) atoms. The van der Waals surface area contributed by atoms with Crippen molar-refractivity contribution in [1.82, 2.24) is 14.9 Å². The van der Waals surface area contributed by atoms with Crippen LogP contribution in [0.2, 0.25) is 0 Å². The van der Waals surface area contributed by atoms with Gasteiger partial charge in [0.2, 0.25) is 0 Å². The van der Waals surface area contributed by atoms with Gasteiger partial charge in [-0.3, -0.25) is 0 Å². The Morgan fingerprint density at radius 1 is 1.62 bits per heavy atom. The molecule has 7 nitrogen and oxygen atoms in total. The van der Waals surface area contributed by atoms with Crippen molar-refractivity contribution in [1.29, 1.82) is 0 Å². The molecule has 1 heterocycles. The van der Waals surface area contributed by atoms with Gasteiger partial charge in [0.05, 0.1) is 17.5 Å². The third kappa shape index (κ3) is 6.17. The number of aliphatic hydroxyl groups excluding tert-OH is 1. The first-order valence-corrected chi connectivity index (χ1v) is 6.85. The van der Waals surface area contributed by atoms with Gasteiger partial charge in [-0.15, -0.1) is 24.0 Å². The maximum atomic E-state index is 10.7. The number of rotatable bonds is 8. The smallest absolute Gasteiger partial charge is 0.390 e. The summed E-state index contributed by atoms with van der Waals surface area (Å²) in [5, 5.41) is 23.7. The van der Waals surface area contributed by atoms with Crippen molar-refractivity contribution >= 4 is 30.0 Å². The van der Waals surface area contributed by atoms with Crippen molar-refractivity contribution in [2.75, 3.05) is 13.1 Å².